The van der Waals surface area contributed by atoms with Crippen molar-refractivity contribution in [3.8, 4) is 0 Å². The number of rotatable bonds is 9. The molecule has 11 heteroatoms. The highest BCUT2D eigenvalue weighted by atomic mass is 32.2. The van der Waals surface area contributed by atoms with Crippen LogP contribution in [-0.2, 0) is 14.4 Å². The molecule has 1 unspecified atom stereocenters. The van der Waals surface area contributed by atoms with Crippen molar-refractivity contribution in [2.75, 3.05) is 18.6 Å². The number of halogens is 3. The fourth-order valence-corrected chi connectivity index (χ4v) is 2.14. The van der Waals surface area contributed by atoms with Gasteiger partial charge in [0.2, 0.25) is 5.91 Å². The Morgan fingerprint density at radius 1 is 1.17 bits per heavy atom. The van der Waals surface area contributed by atoms with Crippen LogP contribution in [0.5, 0.6) is 0 Å². The lowest BCUT2D eigenvalue weighted by atomic mass is 10.2. The molecule has 0 spiro atoms. The van der Waals surface area contributed by atoms with Crippen molar-refractivity contribution in [1.29, 1.82) is 0 Å². The van der Waals surface area contributed by atoms with Crippen LogP contribution in [0.4, 0.5) is 13.2 Å². The number of carboxylic acids is 2. The highest BCUT2D eigenvalue weighted by Crippen LogP contribution is 2.13. The maximum atomic E-state index is 11.0. The predicted molar refractivity (Wildman–Crippen MR) is 79.2 cm³/mol. The summed E-state index contributed by atoms with van der Waals surface area (Å²) in [6, 6.07) is -0.434. The van der Waals surface area contributed by atoms with Crippen LogP contribution in [0.1, 0.15) is 25.7 Å². The third-order valence-electron chi connectivity index (χ3n) is 2.33. The lowest BCUT2D eigenvalue weighted by Crippen LogP contribution is -2.38. The van der Waals surface area contributed by atoms with Crippen LogP contribution in [0, 0.1) is 0 Å². The zero-order valence-corrected chi connectivity index (χ0v) is 13.4. The zero-order valence-electron chi connectivity index (χ0n) is 12.6. The van der Waals surface area contributed by atoms with Crippen LogP contribution in [-0.4, -0.2) is 58.8 Å². The van der Waals surface area contributed by atoms with E-state index in [9.17, 15) is 22.8 Å². The van der Waals surface area contributed by atoms with E-state index in [-0.39, 0.29) is 12.3 Å². The van der Waals surface area contributed by atoms with Gasteiger partial charge in [-0.25, -0.2) is 4.79 Å². The smallest absolute Gasteiger partial charge is 0.481 e. The number of thioether (sulfide) groups is 1. The molecule has 0 heterocycles. The number of alkyl halides is 3. The molecule has 0 fully saturated rings. The zero-order chi connectivity index (χ0) is 18.5. The van der Waals surface area contributed by atoms with E-state index in [1.165, 1.54) is 0 Å². The van der Waals surface area contributed by atoms with Gasteiger partial charge in [0.05, 0.1) is 6.04 Å². The monoisotopic (exact) mass is 362 g/mol. The van der Waals surface area contributed by atoms with E-state index in [4.69, 9.17) is 20.7 Å². The van der Waals surface area contributed by atoms with Crippen LogP contribution in [0.25, 0.3) is 0 Å². The quantitative estimate of drug-likeness (QED) is 0.451. The summed E-state index contributed by atoms with van der Waals surface area (Å²) in [7, 11) is 1.57. The van der Waals surface area contributed by atoms with Crippen molar-refractivity contribution >= 4 is 29.6 Å². The molecule has 0 bridgehead atoms. The number of hydrogen-bond donors (Lipinski definition) is 4. The maximum absolute atomic E-state index is 11.0. The molecule has 0 aromatic heterocycles. The van der Waals surface area contributed by atoms with Crippen molar-refractivity contribution in [2.45, 2.75) is 37.9 Å². The van der Waals surface area contributed by atoms with Gasteiger partial charge in [-0.15, -0.1) is 0 Å². The van der Waals surface area contributed by atoms with E-state index >= 15 is 0 Å². The number of hydrogen-bond acceptors (Lipinski definition) is 5. The van der Waals surface area contributed by atoms with Crippen molar-refractivity contribution in [3.63, 3.8) is 0 Å². The fraction of sp³-hybridized carbons (Fsp3) is 0.750. The summed E-state index contributed by atoms with van der Waals surface area (Å²) >= 11 is 1.71. The molecule has 0 aliphatic carbocycles. The minimum Gasteiger partial charge on any atom is -0.481 e. The first kappa shape index (κ1) is 23.8. The highest BCUT2D eigenvalue weighted by Gasteiger charge is 2.38. The van der Waals surface area contributed by atoms with Gasteiger partial charge >= 0.3 is 18.1 Å². The van der Waals surface area contributed by atoms with Gasteiger partial charge in [-0.3, -0.25) is 9.59 Å². The number of aliphatic carboxylic acids is 2. The molecular weight excluding hydrogens is 341 g/mol. The number of nitrogens with two attached hydrogens (primary N) is 1. The van der Waals surface area contributed by atoms with Crippen LogP contribution in [0.15, 0.2) is 0 Å². The van der Waals surface area contributed by atoms with Crippen LogP contribution >= 0.6 is 11.8 Å². The number of likely N-dealkylation sites (N-methyl/N-ethyl adjacent to an activating group) is 1. The van der Waals surface area contributed by atoms with E-state index in [1.807, 2.05) is 0 Å². The second kappa shape index (κ2) is 13.0. The van der Waals surface area contributed by atoms with Crippen molar-refractivity contribution in [2.24, 2.45) is 5.73 Å². The van der Waals surface area contributed by atoms with E-state index in [1.54, 1.807) is 18.8 Å². The molecule has 0 aromatic carbocycles. The molecule has 0 aliphatic heterocycles. The topological polar surface area (TPSA) is 130 Å². The Morgan fingerprint density at radius 2 is 1.70 bits per heavy atom. The number of nitrogens with one attached hydrogen (secondary N) is 1. The molecule has 23 heavy (non-hydrogen) atoms. The maximum Gasteiger partial charge on any atom is 0.490 e. The van der Waals surface area contributed by atoms with Gasteiger partial charge in [-0.1, -0.05) is 0 Å². The van der Waals surface area contributed by atoms with Gasteiger partial charge in [0.1, 0.15) is 0 Å². The Labute approximate surface area is 135 Å². The summed E-state index contributed by atoms with van der Waals surface area (Å²) in [6.07, 6.45) is -2.59. The molecule has 0 saturated carbocycles. The molecule has 5 N–H and O–H groups in total. The summed E-state index contributed by atoms with van der Waals surface area (Å²) in [5, 5.41) is 18.0. The predicted octanol–water partition coefficient (Wildman–Crippen LogP) is 1.07. The summed E-state index contributed by atoms with van der Waals surface area (Å²) in [4.78, 5) is 30.2. The molecule has 0 rings (SSSR count). The Bertz CT molecular complexity index is 380. The molecule has 0 saturated heterocycles. The number of unbranched alkanes of at least 4 members (excludes halogenated alkanes) is 1. The normalized spacial score (nSPS) is 11.9. The van der Waals surface area contributed by atoms with Crippen LogP contribution in [0.3, 0.4) is 0 Å². The van der Waals surface area contributed by atoms with Gasteiger partial charge in [0, 0.05) is 13.5 Å². The van der Waals surface area contributed by atoms with Gasteiger partial charge in [-0.2, -0.15) is 24.9 Å². The van der Waals surface area contributed by atoms with Crippen molar-refractivity contribution in [3.05, 3.63) is 0 Å². The van der Waals surface area contributed by atoms with E-state index in [0.717, 1.165) is 17.9 Å². The lowest BCUT2D eigenvalue weighted by Gasteiger charge is -2.08. The second-order valence-corrected chi connectivity index (χ2v) is 5.50. The minimum atomic E-state index is -5.08. The molecular formula is C12H21F3N2O5S. The molecule has 0 aliphatic rings. The first-order valence-electron chi connectivity index (χ1n) is 6.59. The first-order valence-corrected chi connectivity index (χ1v) is 7.74. The highest BCUT2D eigenvalue weighted by molar-refractivity contribution is 7.99. The van der Waals surface area contributed by atoms with E-state index in [2.05, 4.69) is 5.32 Å². The fourth-order valence-electron chi connectivity index (χ4n) is 1.11. The SMILES string of the molecule is CNC(=O)C(N)CCSCCCCC(=O)O.O=C(O)C(F)(F)F. The van der Waals surface area contributed by atoms with E-state index < -0.39 is 24.2 Å². The molecule has 1 amide bonds. The second-order valence-electron chi connectivity index (χ2n) is 4.28. The number of amides is 1. The van der Waals surface area contributed by atoms with Gasteiger partial charge in [0.25, 0.3) is 0 Å². The molecule has 136 valence electrons. The number of carboxylic acid groups (broad SMARTS) is 2. The minimum absolute atomic E-state index is 0.133. The average Bonchev–Trinajstić information content (AvgIpc) is 2.44. The summed E-state index contributed by atoms with van der Waals surface area (Å²) < 4.78 is 31.7. The Hall–Kier alpha value is -1.49. The lowest BCUT2D eigenvalue weighted by molar-refractivity contribution is -0.192. The Morgan fingerprint density at radius 3 is 2.09 bits per heavy atom. The molecule has 1 atom stereocenters. The van der Waals surface area contributed by atoms with Crippen LogP contribution < -0.4 is 11.1 Å². The third-order valence-corrected chi connectivity index (χ3v) is 3.43. The standard InChI is InChI=1S/C10H20N2O3S.C2HF3O2/c1-12-10(15)8(11)5-7-16-6-3-2-4-9(13)14;3-2(4,5)1(6)7/h8H,2-7,11H2,1H3,(H,12,15)(H,13,14);(H,6,7). The van der Waals surface area contributed by atoms with Gasteiger partial charge in [-0.05, 0) is 30.8 Å². The molecule has 0 radical (unpaired) electrons. The number of carbonyl (C=O) groups is 3. The largest absolute Gasteiger partial charge is 0.490 e. The first-order chi connectivity index (χ1) is 10.5. The summed E-state index contributed by atoms with van der Waals surface area (Å²) in [5.74, 6) is -1.87. The Balaban J connectivity index is 0. The average molecular weight is 362 g/mol. The van der Waals surface area contributed by atoms with Gasteiger partial charge in [0.15, 0.2) is 0 Å². The Kier molecular flexibility index (Phi) is 13.4. The summed E-state index contributed by atoms with van der Waals surface area (Å²) in [5.41, 5.74) is 5.61. The molecule has 7 nitrogen and oxygen atoms in total. The summed E-state index contributed by atoms with van der Waals surface area (Å²) in [6.45, 7) is 0. The van der Waals surface area contributed by atoms with Gasteiger partial charge < -0.3 is 21.3 Å². The van der Waals surface area contributed by atoms with E-state index in [0.29, 0.717) is 12.8 Å². The third kappa shape index (κ3) is 16.7. The van der Waals surface area contributed by atoms with Crippen molar-refractivity contribution in [1.82, 2.24) is 5.32 Å². The van der Waals surface area contributed by atoms with Crippen LogP contribution in [0.2, 0.25) is 0 Å². The molecule has 0 aromatic rings. The number of carbonyl (C=O) groups excluding carboxylic acids is 1. The van der Waals surface area contributed by atoms with Crippen molar-refractivity contribution < 1.29 is 37.8 Å².